The highest BCUT2D eigenvalue weighted by Crippen LogP contribution is 2.24. The molecule has 1 atom stereocenters. The van der Waals surface area contributed by atoms with Crippen LogP contribution < -0.4 is 10.5 Å². The molecule has 1 unspecified atom stereocenters. The molecular formula is C14H23NO2. The maximum atomic E-state index is 6.29. The van der Waals surface area contributed by atoms with Gasteiger partial charge in [-0.2, -0.15) is 0 Å². The van der Waals surface area contributed by atoms with Crippen molar-refractivity contribution in [2.24, 2.45) is 5.73 Å². The molecule has 0 fully saturated rings. The molecule has 0 heterocycles. The Labute approximate surface area is 104 Å². The standard InChI is InChI=1S/C14H23NO2/c1-11(2)17-10-9-14(3,15)12-5-7-13(16-4)8-6-12/h5-8,11H,9-10,15H2,1-4H3. The van der Waals surface area contributed by atoms with Crippen LogP contribution in [0.5, 0.6) is 5.75 Å². The zero-order valence-corrected chi connectivity index (χ0v) is 11.2. The van der Waals surface area contributed by atoms with Crippen molar-refractivity contribution < 1.29 is 9.47 Å². The zero-order chi connectivity index (χ0) is 12.9. The Balaban J connectivity index is 2.61. The first kappa shape index (κ1) is 14.0. The topological polar surface area (TPSA) is 44.5 Å². The molecular weight excluding hydrogens is 214 g/mol. The molecule has 0 aliphatic rings. The fourth-order valence-electron chi connectivity index (χ4n) is 1.62. The normalized spacial score (nSPS) is 14.7. The van der Waals surface area contributed by atoms with Gasteiger partial charge in [-0.15, -0.1) is 0 Å². The van der Waals surface area contributed by atoms with Crippen LogP contribution >= 0.6 is 0 Å². The van der Waals surface area contributed by atoms with Crippen molar-refractivity contribution in [2.75, 3.05) is 13.7 Å². The minimum absolute atomic E-state index is 0.252. The maximum Gasteiger partial charge on any atom is 0.118 e. The Morgan fingerprint density at radius 3 is 2.29 bits per heavy atom. The van der Waals surface area contributed by atoms with Crippen LogP contribution in [-0.2, 0) is 10.3 Å². The van der Waals surface area contributed by atoms with Gasteiger partial charge < -0.3 is 15.2 Å². The lowest BCUT2D eigenvalue weighted by atomic mass is 9.90. The summed E-state index contributed by atoms with van der Waals surface area (Å²) in [5.74, 6) is 0.850. The predicted molar refractivity (Wildman–Crippen MR) is 70.2 cm³/mol. The largest absolute Gasteiger partial charge is 0.497 e. The molecule has 0 spiro atoms. The number of hydrogen-bond acceptors (Lipinski definition) is 3. The van der Waals surface area contributed by atoms with Gasteiger partial charge in [0.15, 0.2) is 0 Å². The van der Waals surface area contributed by atoms with Crippen molar-refractivity contribution in [3.8, 4) is 5.75 Å². The van der Waals surface area contributed by atoms with Gasteiger partial charge in [0.25, 0.3) is 0 Å². The van der Waals surface area contributed by atoms with E-state index < -0.39 is 0 Å². The van der Waals surface area contributed by atoms with Gasteiger partial charge in [0.2, 0.25) is 0 Å². The fourth-order valence-corrected chi connectivity index (χ4v) is 1.62. The van der Waals surface area contributed by atoms with Crippen molar-refractivity contribution in [3.05, 3.63) is 29.8 Å². The average Bonchev–Trinajstić information content (AvgIpc) is 2.28. The highest BCUT2D eigenvalue weighted by Gasteiger charge is 2.20. The molecule has 0 amide bonds. The third-order valence-corrected chi connectivity index (χ3v) is 2.82. The molecule has 1 aromatic carbocycles. The molecule has 0 aliphatic carbocycles. The first-order chi connectivity index (χ1) is 7.95. The average molecular weight is 237 g/mol. The fraction of sp³-hybridized carbons (Fsp3) is 0.571. The summed E-state index contributed by atoms with van der Waals surface area (Å²) < 4.78 is 10.7. The van der Waals surface area contributed by atoms with E-state index in [-0.39, 0.29) is 11.6 Å². The molecule has 0 bridgehead atoms. The van der Waals surface area contributed by atoms with Crippen LogP contribution in [0.25, 0.3) is 0 Å². The van der Waals surface area contributed by atoms with Crippen LogP contribution in [0.1, 0.15) is 32.8 Å². The first-order valence-corrected chi connectivity index (χ1v) is 6.01. The number of rotatable bonds is 6. The number of methoxy groups -OCH3 is 1. The van der Waals surface area contributed by atoms with Crippen molar-refractivity contribution in [1.29, 1.82) is 0 Å². The molecule has 0 saturated carbocycles. The summed E-state index contributed by atoms with van der Waals surface area (Å²) in [7, 11) is 1.66. The van der Waals surface area contributed by atoms with E-state index in [9.17, 15) is 0 Å². The van der Waals surface area contributed by atoms with Crippen LogP contribution in [-0.4, -0.2) is 19.8 Å². The van der Waals surface area contributed by atoms with Gasteiger partial charge in [0.1, 0.15) is 5.75 Å². The molecule has 17 heavy (non-hydrogen) atoms. The maximum absolute atomic E-state index is 6.29. The van der Waals surface area contributed by atoms with Crippen molar-refractivity contribution in [2.45, 2.75) is 38.8 Å². The second-order valence-corrected chi connectivity index (χ2v) is 4.82. The monoisotopic (exact) mass is 237 g/mol. The summed E-state index contributed by atoms with van der Waals surface area (Å²) in [4.78, 5) is 0. The number of benzene rings is 1. The Bertz CT molecular complexity index is 331. The van der Waals surface area contributed by atoms with Gasteiger partial charge in [-0.25, -0.2) is 0 Å². The van der Waals surface area contributed by atoms with Gasteiger partial charge in [-0.1, -0.05) is 12.1 Å². The van der Waals surface area contributed by atoms with Crippen LogP contribution in [0.3, 0.4) is 0 Å². The summed E-state index contributed by atoms with van der Waals surface area (Å²) in [6.07, 6.45) is 1.05. The lowest BCUT2D eigenvalue weighted by Crippen LogP contribution is -2.34. The van der Waals surface area contributed by atoms with Gasteiger partial charge in [0, 0.05) is 12.1 Å². The molecule has 3 nitrogen and oxygen atoms in total. The highest BCUT2D eigenvalue weighted by molar-refractivity contribution is 5.31. The van der Waals surface area contributed by atoms with E-state index >= 15 is 0 Å². The Morgan fingerprint density at radius 2 is 1.82 bits per heavy atom. The third kappa shape index (κ3) is 4.36. The zero-order valence-electron chi connectivity index (χ0n) is 11.2. The molecule has 96 valence electrons. The summed E-state index contributed by atoms with van der Waals surface area (Å²) in [5, 5.41) is 0. The lowest BCUT2D eigenvalue weighted by Gasteiger charge is -2.25. The van der Waals surface area contributed by atoms with Crippen LogP contribution in [0.4, 0.5) is 0 Å². The van der Waals surface area contributed by atoms with E-state index in [1.54, 1.807) is 7.11 Å². The van der Waals surface area contributed by atoms with E-state index in [0.717, 1.165) is 17.7 Å². The van der Waals surface area contributed by atoms with E-state index in [1.165, 1.54) is 0 Å². The minimum atomic E-state index is -0.360. The summed E-state index contributed by atoms with van der Waals surface area (Å²) in [6, 6.07) is 7.88. The SMILES string of the molecule is COc1ccc(C(C)(N)CCOC(C)C)cc1. The second-order valence-electron chi connectivity index (χ2n) is 4.82. The molecule has 1 rings (SSSR count). The van der Waals surface area contributed by atoms with Gasteiger partial charge in [-0.05, 0) is 44.9 Å². The molecule has 2 N–H and O–H groups in total. The first-order valence-electron chi connectivity index (χ1n) is 6.01. The van der Waals surface area contributed by atoms with E-state index in [1.807, 2.05) is 45.0 Å². The summed E-state index contributed by atoms with van der Waals surface area (Å²) in [6.45, 7) is 6.76. The summed E-state index contributed by atoms with van der Waals surface area (Å²) in [5.41, 5.74) is 7.04. The van der Waals surface area contributed by atoms with Gasteiger partial charge in [-0.3, -0.25) is 0 Å². The van der Waals surface area contributed by atoms with Crippen LogP contribution in [0, 0.1) is 0 Å². The highest BCUT2D eigenvalue weighted by atomic mass is 16.5. The van der Waals surface area contributed by atoms with E-state index in [2.05, 4.69) is 0 Å². The quantitative estimate of drug-likeness (QED) is 0.827. The molecule has 0 aromatic heterocycles. The Kier molecular flexibility index (Phi) is 4.97. The molecule has 3 heteroatoms. The van der Waals surface area contributed by atoms with Gasteiger partial charge in [0.05, 0.1) is 13.2 Å². The van der Waals surface area contributed by atoms with Crippen LogP contribution in [0.15, 0.2) is 24.3 Å². The van der Waals surface area contributed by atoms with E-state index in [0.29, 0.717) is 6.61 Å². The van der Waals surface area contributed by atoms with Gasteiger partial charge >= 0.3 is 0 Å². The minimum Gasteiger partial charge on any atom is -0.497 e. The third-order valence-electron chi connectivity index (χ3n) is 2.82. The molecule has 0 radical (unpaired) electrons. The number of hydrogen-bond donors (Lipinski definition) is 1. The van der Waals surface area contributed by atoms with E-state index in [4.69, 9.17) is 15.2 Å². The molecule has 1 aromatic rings. The second kappa shape index (κ2) is 6.03. The smallest absolute Gasteiger partial charge is 0.118 e. The molecule has 0 saturated heterocycles. The predicted octanol–water partition coefficient (Wildman–Crippen LogP) is 2.68. The number of ether oxygens (including phenoxy) is 2. The Hall–Kier alpha value is -1.06. The Morgan fingerprint density at radius 1 is 1.24 bits per heavy atom. The summed E-state index contributed by atoms with van der Waals surface area (Å²) >= 11 is 0. The molecule has 0 aliphatic heterocycles. The van der Waals surface area contributed by atoms with Crippen molar-refractivity contribution in [3.63, 3.8) is 0 Å². The van der Waals surface area contributed by atoms with Crippen molar-refractivity contribution in [1.82, 2.24) is 0 Å². The van der Waals surface area contributed by atoms with Crippen molar-refractivity contribution >= 4 is 0 Å². The van der Waals surface area contributed by atoms with Crippen LogP contribution in [0.2, 0.25) is 0 Å². The lowest BCUT2D eigenvalue weighted by molar-refractivity contribution is 0.0660. The number of nitrogens with two attached hydrogens (primary N) is 1.